The molecule has 0 unspecified atom stereocenters. The first-order valence-corrected chi connectivity index (χ1v) is 6.00. The summed E-state index contributed by atoms with van der Waals surface area (Å²) >= 11 is 0. The lowest BCUT2D eigenvalue weighted by atomic mass is 10.3. The maximum absolute atomic E-state index is 13.2. The van der Waals surface area contributed by atoms with Gasteiger partial charge >= 0.3 is 0 Å². The molecule has 17 heavy (non-hydrogen) atoms. The van der Waals surface area contributed by atoms with Gasteiger partial charge in [-0.3, -0.25) is 0 Å². The van der Waals surface area contributed by atoms with E-state index in [1.165, 1.54) is 7.11 Å². The molecule has 8 heteroatoms. The second kappa shape index (κ2) is 5.48. The van der Waals surface area contributed by atoms with Crippen LogP contribution in [0.4, 0.5) is 13.2 Å². The second-order valence-electron chi connectivity index (χ2n) is 3.06. The predicted molar refractivity (Wildman–Crippen MR) is 53.4 cm³/mol. The van der Waals surface area contributed by atoms with Crippen LogP contribution in [-0.2, 0) is 14.8 Å². The van der Waals surface area contributed by atoms with E-state index in [9.17, 15) is 21.6 Å². The van der Waals surface area contributed by atoms with Crippen LogP contribution in [0.25, 0.3) is 0 Å². The first kappa shape index (κ1) is 13.9. The normalized spacial score (nSPS) is 11.8. The van der Waals surface area contributed by atoms with Gasteiger partial charge < -0.3 is 4.74 Å². The Labute approximate surface area is 96.4 Å². The molecule has 0 saturated carbocycles. The molecular formula is C9H10F3NO3S. The number of benzene rings is 1. The van der Waals surface area contributed by atoms with E-state index in [0.717, 1.165) is 0 Å². The summed E-state index contributed by atoms with van der Waals surface area (Å²) < 4.78 is 68.2. The SMILES string of the molecule is COCCNS(=O)(=O)c1ccc(F)c(F)c1F. The molecule has 0 amide bonds. The quantitative estimate of drug-likeness (QED) is 0.641. The smallest absolute Gasteiger partial charge is 0.243 e. The van der Waals surface area contributed by atoms with Gasteiger partial charge in [-0.2, -0.15) is 0 Å². The second-order valence-corrected chi connectivity index (χ2v) is 4.80. The molecular weight excluding hydrogens is 259 g/mol. The zero-order chi connectivity index (χ0) is 13.1. The molecule has 0 aliphatic rings. The zero-order valence-corrected chi connectivity index (χ0v) is 9.65. The number of rotatable bonds is 5. The average Bonchev–Trinajstić information content (AvgIpc) is 2.26. The Morgan fingerprint density at radius 2 is 1.88 bits per heavy atom. The first-order chi connectivity index (χ1) is 7.90. The van der Waals surface area contributed by atoms with E-state index >= 15 is 0 Å². The van der Waals surface area contributed by atoms with Crippen LogP contribution in [0.3, 0.4) is 0 Å². The highest BCUT2D eigenvalue weighted by Crippen LogP contribution is 2.19. The number of sulfonamides is 1. The van der Waals surface area contributed by atoms with Crippen molar-refractivity contribution in [2.75, 3.05) is 20.3 Å². The predicted octanol–water partition coefficient (Wildman–Crippen LogP) is 1.03. The van der Waals surface area contributed by atoms with Crippen molar-refractivity contribution in [1.29, 1.82) is 0 Å². The van der Waals surface area contributed by atoms with Crippen molar-refractivity contribution < 1.29 is 26.3 Å². The number of ether oxygens (including phenoxy) is 1. The highest BCUT2D eigenvalue weighted by molar-refractivity contribution is 7.89. The van der Waals surface area contributed by atoms with Crippen LogP contribution in [-0.4, -0.2) is 28.7 Å². The Balaban J connectivity index is 3.04. The maximum Gasteiger partial charge on any atom is 0.243 e. The Kier molecular flexibility index (Phi) is 4.49. The van der Waals surface area contributed by atoms with E-state index in [1.54, 1.807) is 0 Å². The minimum atomic E-state index is -4.21. The number of halogens is 3. The van der Waals surface area contributed by atoms with Crippen LogP contribution in [0.2, 0.25) is 0 Å². The van der Waals surface area contributed by atoms with Gasteiger partial charge in [-0.15, -0.1) is 0 Å². The third kappa shape index (κ3) is 3.18. The molecule has 1 aromatic rings. The molecule has 0 aliphatic carbocycles. The lowest BCUT2D eigenvalue weighted by molar-refractivity contribution is 0.204. The van der Waals surface area contributed by atoms with Crippen molar-refractivity contribution in [3.8, 4) is 0 Å². The van der Waals surface area contributed by atoms with Crippen molar-refractivity contribution in [2.45, 2.75) is 4.90 Å². The minimum Gasteiger partial charge on any atom is -0.383 e. The fourth-order valence-corrected chi connectivity index (χ4v) is 2.15. The van der Waals surface area contributed by atoms with Gasteiger partial charge in [-0.1, -0.05) is 0 Å². The molecule has 0 radical (unpaired) electrons. The van der Waals surface area contributed by atoms with Crippen LogP contribution in [0, 0.1) is 17.5 Å². The molecule has 1 aromatic carbocycles. The van der Waals surface area contributed by atoms with E-state index in [1.807, 2.05) is 4.72 Å². The molecule has 0 saturated heterocycles. The summed E-state index contributed by atoms with van der Waals surface area (Å²) in [6.07, 6.45) is 0. The molecule has 4 nitrogen and oxygen atoms in total. The molecule has 1 rings (SSSR count). The van der Waals surface area contributed by atoms with Crippen molar-refractivity contribution in [3.05, 3.63) is 29.6 Å². The lowest BCUT2D eigenvalue weighted by Gasteiger charge is -2.07. The van der Waals surface area contributed by atoms with Crippen molar-refractivity contribution in [1.82, 2.24) is 4.72 Å². The lowest BCUT2D eigenvalue weighted by Crippen LogP contribution is -2.28. The van der Waals surface area contributed by atoms with Gasteiger partial charge in [0.2, 0.25) is 10.0 Å². The van der Waals surface area contributed by atoms with E-state index in [2.05, 4.69) is 4.74 Å². The molecule has 0 atom stereocenters. The van der Waals surface area contributed by atoms with Crippen LogP contribution in [0.5, 0.6) is 0 Å². The van der Waals surface area contributed by atoms with Crippen LogP contribution < -0.4 is 4.72 Å². The van der Waals surface area contributed by atoms with E-state index < -0.39 is 32.4 Å². The molecule has 0 aliphatic heterocycles. The monoisotopic (exact) mass is 269 g/mol. The zero-order valence-electron chi connectivity index (χ0n) is 8.84. The fraction of sp³-hybridized carbons (Fsp3) is 0.333. The summed E-state index contributed by atoms with van der Waals surface area (Å²) in [5.74, 6) is -5.01. The number of hydrogen-bond acceptors (Lipinski definition) is 3. The van der Waals surface area contributed by atoms with Crippen molar-refractivity contribution in [3.63, 3.8) is 0 Å². The fourth-order valence-electron chi connectivity index (χ4n) is 1.07. The van der Waals surface area contributed by atoms with E-state index in [4.69, 9.17) is 0 Å². The highest BCUT2D eigenvalue weighted by Gasteiger charge is 2.23. The standard InChI is InChI=1S/C9H10F3NO3S/c1-16-5-4-13-17(14,15)7-3-2-6(10)8(11)9(7)12/h2-3,13H,4-5H2,1H3. The van der Waals surface area contributed by atoms with Crippen LogP contribution >= 0.6 is 0 Å². The topological polar surface area (TPSA) is 55.4 Å². The molecule has 0 heterocycles. The van der Waals surface area contributed by atoms with Gasteiger partial charge in [0.05, 0.1) is 6.61 Å². The number of nitrogens with one attached hydrogen (secondary N) is 1. The van der Waals surface area contributed by atoms with Crippen molar-refractivity contribution >= 4 is 10.0 Å². The largest absolute Gasteiger partial charge is 0.383 e. The third-order valence-corrected chi connectivity index (χ3v) is 3.37. The van der Waals surface area contributed by atoms with Gasteiger partial charge in [-0.05, 0) is 12.1 Å². The Bertz CT molecular complexity index is 504. The van der Waals surface area contributed by atoms with Gasteiger partial charge in [-0.25, -0.2) is 26.3 Å². The Morgan fingerprint density at radius 1 is 1.24 bits per heavy atom. The van der Waals surface area contributed by atoms with Crippen LogP contribution in [0.1, 0.15) is 0 Å². The van der Waals surface area contributed by atoms with Crippen molar-refractivity contribution in [2.24, 2.45) is 0 Å². The van der Waals surface area contributed by atoms with E-state index in [-0.39, 0.29) is 13.2 Å². The average molecular weight is 269 g/mol. The van der Waals surface area contributed by atoms with Gasteiger partial charge in [0.15, 0.2) is 17.5 Å². The summed E-state index contributed by atoms with van der Waals surface area (Å²) in [6.45, 7) is -0.0260. The summed E-state index contributed by atoms with van der Waals surface area (Å²) in [5, 5.41) is 0. The first-order valence-electron chi connectivity index (χ1n) is 4.52. The summed E-state index contributed by atoms with van der Waals surface area (Å²) in [5.41, 5.74) is 0. The van der Waals surface area contributed by atoms with Crippen LogP contribution in [0.15, 0.2) is 17.0 Å². The van der Waals surface area contributed by atoms with Gasteiger partial charge in [0.1, 0.15) is 4.90 Å². The minimum absolute atomic E-state index is 0.0739. The molecule has 0 aromatic heterocycles. The van der Waals surface area contributed by atoms with Gasteiger partial charge in [0, 0.05) is 13.7 Å². The molecule has 0 spiro atoms. The third-order valence-electron chi connectivity index (χ3n) is 1.89. The summed E-state index contributed by atoms with van der Waals surface area (Å²) in [4.78, 5) is -0.937. The summed E-state index contributed by atoms with van der Waals surface area (Å²) in [6, 6.07) is 1.20. The number of hydrogen-bond donors (Lipinski definition) is 1. The number of methoxy groups -OCH3 is 1. The maximum atomic E-state index is 13.2. The Hall–Kier alpha value is -1.12. The highest BCUT2D eigenvalue weighted by atomic mass is 32.2. The van der Waals surface area contributed by atoms with Gasteiger partial charge in [0.25, 0.3) is 0 Å². The molecule has 0 fully saturated rings. The summed E-state index contributed by atoms with van der Waals surface area (Å²) in [7, 11) is -2.86. The molecule has 0 bridgehead atoms. The molecule has 1 N–H and O–H groups in total. The Morgan fingerprint density at radius 3 is 2.47 bits per heavy atom. The molecule has 96 valence electrons. The van der Waals surface area contributed by atoms with E-state index in [0.29, 0.717) is 12.1 Å².